The van der Waals surface area contributed by atoms with E-state index in [1.165, 1.54) is 0 Å². The van der Waals surface area contributed by atoms with E-state index in [1.54, 1.807) is 38.9 Å². The molecule has 134 valence electrons. The third kappa shape index (κ3) is 3.85. The standard InChI is InChI=1S/C20H21N3O3/c1-14-18(25-2)10-16(11-19(14)26-3)20(24)22-17-6-4-5-15(9-17)12-23-8-7-21-13-23/h4-11,13H,12H2,1-3H3,(H,22,24). The van der Waals surface area contributed by atoms with Crippen molar-refractivity contribution in [1.82, 2.24) is 9.55 Å². The lowest BCUT2D eigenvalue weighted by Gasteiger charge is -2.13. The number of anilines is 1. The second-order valence-electron chi connectivity index (χ2n) is 5.90. The maximum absolute atomic E-state index is 12.7. The summed E-state index contributed by atoms with van der Waals surface area (Å²) in [5, 5.41) is 2.93. The Bertz CT molecular complexity index is 879. The van der Waals surface area contributed by atoms with Crippen molar-refractivity contribution in [2.24, 2.45) is 0 Å². The summed E-state index contributed by atoms with van der Waals surface area (Å²) < 4.78 is 12.6. The molecular weight excluding hydrogens is 330 g/mol. The van der Waals surface area contributed by atoms with Gasteiger partial charge in [0.15, 0.2) is 0 Å². The third-order valence-corrected chi connectivity index (χ3v) is 4.12. The highest BCUT2D eigenvalue weighted by Crippen LogP contribution is 2.29. The number of rotatable bonds is 6. The van der Waals surface area contributed by atoms with Crippen LogP contribution < -0.4 is 14.8 Å². The molecule has 3 aromatic rings. The van der Waals surface area contributed by atoms with Gasteiger partial charge in [-0.15, -0.1) is 0 Å². The van der Waals surface area contributed by atoms with Gasteiger partial charge in [0.1, 0.15) is 11.5 Å². The second kappa shape index (κ2) is 7.74. The molecular formula is C20H21N3O3. The van der Waals surface area contributed by atoms with Crippen molar-refractivity contribution >= 4 is 11.6 Å². The lowest BCUT2D eigenvalue weighted by molar-refractivity contribution is 0.102. The molecule has 1 amide bonds. The van der Waals surface area contributed by atoms with Crippen LogP contribution in [0.4, 0.5) is 5.69 Å². The monoisotopic (exact) mass is 351 g/mol. The molecule has 0 aliphatic heterocycles. The van der Waals surface area contributed by atoms with Gasteiger partial charge < -0.3 is 19.4 Å². The van der Waals surface area contributed by atoms with Gasteiger partial charge in [-0.2, -0.15) is 0 Å². The third-order valence-electron chi connectivity index (χ3n) is 4.12. The average molecular weight is 351 g/mol. The number of methoxy groups -OCH3 is 2. The fraction of sp³-hybridized carbons (Fsp3) is 0.200. The molecule has 1 heterocycles. The Morgan fingerprint density at radius 2 is 1.88 bits per heavy atom. The normalized spacial score (nSPS) is 10.4. The van der Waals surface area contributed by atoms with Crippen LogP contribution in [0.3, 0.4) is 0 Å². The highest BCUT2D eigenvalue weighted by molar-refractivity contribution is 6.05. The van der Waals surface area contributed by atoms with Gasteiger partial charge in [-0.25, -0.2) is 4.98 Å². The maximum Gasteiger partial charge on any atom is 0.255 e. The molecule has 0 radical (unpaired) electrons. The first kappa shape index (κ1) is 17.5. The first-order chi connectivity index (χ1) is 12.6. The highest BCUT2D eigenvalue weighted by Gasteiger charge is 2.14. The van der Waals surface area contributed by atoms with Gasteiger partial charge >= 0.3 is 0 Å². The number of nitrogens with zero attached hydrogens (tertiary/aromatic N) is 2. The number of hydrogen-bond donors (Lipinski definition) is 1. The molecule has 0 saturated heterocycles. The Kier molecular flexibility index (Phi) is 5.22. The summed E-state index contributed by atoms with van der Waals surface area (Å²) in [6, 6.07) is 11.1. The zero-order valence-corrected chi connectivity index (χ0v) is 15.0. The molecule has 0 atom stereocenters. The minimum Gasteiger partial charge on any atom is -0.496 e. The molecule has 0 spiro atoms. The van der Waals surface area contributed by atoms with Crippen molar-refractivity contribution in [3.63, 3.8) is 0 Å². The molecule has 3 rings (SSSR count). The quantitative estimate of drug-likeness (QED) is 0.738. The Hall–Kier alpha value is -3.28. The molecule has 0 bridgehead atoms. The summed E-state index contributed by atoms with van der Waals surface area (Å²) >= 11 is 0. The molecule has 26 heavy (non-hydrogen) atoms. The minimum absolute atomic E-state index is 0.221. The summed E-state index contributed by atoms with van der Waals surface area (Å²) in [6.45, 7) is 2.58. The number of aromatic nitrogens is 2. The summed E-state index contributed by atoms with van der Waals surface area (Å²) in [4.78, 5) is 16.7. The molecule has 6 nitrogen and oxygen atoms in total. The SMILES string of the molecule is COc1cc(C(=O)Nc2cccc(Cn3ccnc3)c2)cc(OC)c1C. The van der Waals surface area contributed by atoms with Gasteiger partial charge in [0.25, 0.3) is 5.91 Å². The van der Waals surface area contributed by atoms with Crippen molar-refractivity contribution in [2.75, 3.05) is 19.5 Å². The summed E-state index contributed by atoms with van der Waals surface area (Å²) in [5.74, 6) is 1.01. The van der Waals surface area contributed by atoms with Crippen LogP contribution in [0, 0.1) is 6.92 Å². The van der Waals surface area contributed by atoms with Crippen LogP contribution in [-0.4, -0.2) is 29.7 Å². The number of benzene rings is 2. The average Bonchev–Trinajstić information content (AvgIpc) is 3.15. The van der Waals surface area contributed by atoms with Gasteiger partial charge in [-0.3, -0.25) is 4.79 Å². The van der Waals surface area contributed by atoms with Crippen LogP contribution >= 0.6 is 0 Å². The van der Waals surface area contributed by atoms with Crippen LogP contribution in [0.5, 0.6) is 11.5 Å². The predicted octanol–water partition coefficient (Wildman–Crippen LogP) is 3.51. The summed E-state index contributed by atoms with van der Waals surface area (Å²) in [5.41, 5.74) is 3.13. The summed E-state index contributed by atoms with van der Waals surface area (Å²) in [6.07, 6.45) is 5.40. The van der Waals surface area contributed by atoms with Gasteiger partial charge in [0.2, 0.25) is 0 Å². The number of carbonyl (C=O) groups is 1. The number of hydrogen-bond acceptors (Lipinski definition) is 4. The molecule has 0 aliphatic rings. The zero-order valence-electron chi connectivity index (χ0n) is 15.0. The Morgan fingerprint density at radius 3 is 2.50 bits per heavy atom. The van der Waals surface area contributed by atoms with Gasteiger partial charge in [0.05, 0.1) is 20.5 Å². The van der Waals surface area contributed by atoms with E-state index < -0.39 is 0 Å². The van der Waals surface area contributed by atoms with Crippen molar-refractivity contribution in [3.8, 4) is 11.5 Å². The maximum atomic E-state index is 12.7. The zero-order chi connectivity index (χ0) is 18.5. The number of nitrogens with one attached hydrogen (secondary N) is 1. The van der Waals surface area contributed by atoms with Crippen molar-refractivity contribution in [1.29, 1.82) is 0 Å². The topological polar surface area (TPSA) is 65.4 Å². The molecule has 1 aromatic heterocycles. The minimum atomic E-state index is -0.221. The Morgan fingerprint density at radius 1 is 1.15 bits per heavy atom. The number of imidazole rings is 1. The highest BCUT2D eigenvalue weighted by atomic mass is 16.5. The molecule has 0 aliphatic carbocycles. The fourth-order valence-electron chi connectivity index (χ4n) is 2.76. The van der Waals surface area contributed by atoms with E-state index in [4.69, 9.17) is 9.47 Å². The van der Waals surface area contributed by atoms with Gasteiger partial charge in [-0.1, -0.05) is 12.1 Å². The number of ether oxygens (including phenoxy) is 2. The molecule has 0 saturated carbocycles. The van der Waals surface area contributed by atoms with Gasteiger partial charge in [-0.05, 0) is 36.8 Å². The largest absolute Gasteiger partial charge is 0.496 e. The second-order valence-corrected chi connectivity index (χ2v) is 5.90. The van der Waals surface area contributed by atoms with Crippen molar-refractivity contribution in [2.45, 2.75) is 13.5 Å². The summed E-state index contributed by atoms with van der Waals surface area (Å²) in [7, 11) is 3.14. The molecule has 6 heteroatoms. The van der Waals surface area contributed by atoms with Crippen LogP contribution in [0.1, 0.15) is 21.5 Å². The van der Waals surface area contributed by atoms with E-state index >= 15 is 0 Å². The van der Waals surface area contributed by atoms with E-state index in [9.17, 15) is 4.79 Å². The molecule has 2 aromatic carbocycles. The molecule has 0 unspecified atom stereocenters. The van der Waals surface area contributed by atoms with Crippen molar-refractivity contribution < 1.29 is 14.3 Å². The van der Waals surface area contributed by atoms with E-state index in [0.29, 0.717) is 23.6 Å². The smallest absolute Gasteiger partial charge is 0.255 e. The first-order valence-corrected chi connectivity index (χ1v) is 8.19. The first-order valence-electron chi connectivity index (χ1n) is 8.19. The molecule has 0 fully saturated rings. The van der Waals surface area contributed by atoms with Crippen LogP contribution in [0.2, 0.25) is 0 Å². The fourth-order valence-corrected chi connectivity index (χ4v) is 2.76. The van der Waals surface area contributed by atoms with Crippen LogP contribution in [0.25, 0.3) is 0 Å². The van der Waals surface area contributed by atoms with Crippen LogP contribution in [-0.2, 0) is 6.54 Å². The Balaban J connectivity index is 1.80. The van der Waals surface area contributed by atoms with Gasteiger partial charge in [0, 0.05) is 35.8 Å². The predicted molar refractivity (Wildman–Crippen MR) is 100 cm³/mol. The Labute approximate surface area is 152 Å². The van der Waals surface area contributed by atoms with E-state index in [-0.39, 0.29) is 5.91 Å². The molecule has 1 N–H and O–H groups in total. The van der Waals surface area contributed by atoms with E-state index in [1.807, 2.05) is 42.0 Å². The lowest BCUT2D eigenvalue weighted by atomic mass is 10.1. The number of amides is 1. The number of carbonyl (C=O) groups excluding carboxylic acids is 1. The van der Waals surface area contributed by atoms with E-state index in [2.05, 4.69) is 10.3 Å². The van der Waals surface area contributed by atoms with E-state index in [0.717, 1.165) is 16.8 Å². The van der Waals surface area contributed by atoms with Crippen molar-refractivity contribution in [3.05, 3.63) is 71.8 Å². The van der Waals surface area contributed by atoms with Crippen LogP contribution in [0.15, 0.2) is 55.1 Å². The lowest BCUT2D eigenvalue weighted by Crippen LogP contribution is -2.13.